The molecule has 0 saturated heterocycles. The van der Waals surface area contributed by atoms with E-state index < -0.39 is 6.10 Å². The fourth-order valence-electron chi connectivity index (χ4n) is 11.8. The molecule has 0 amide bonds. The van der Waals surface area contributed by atoms with Crippen LogP contribution in [0.4, 0.5) is 0 Å². The molecule has 6 heteroatoms. The summed E-state index contributed by atoms with van der Waals surface area (Å²) in [7, 11) is 0. The maximum Gasteiger partial charge on any atom is 0.306 e. The van der Waals surface area contributed by atoms with Gasteiger partial charge in [0.1, 0.15) is 13.2 Å². The normalized spacial score (nSPS) is 11.9. The molecule has 0 rings (SSSR count). The second kappa shape index (κ2) is 69.9. The number of unbranched alkanes of at least 4 members (excludes halogenated alkanes) is 59. The number of carbonyl (C=O) groups is 3. The van der Waals surface area contributed by atoms with Crippen LogP contribution in [0.3, 0.4) is 0 Å². The highest BCUT2D eigenvalue weighted by molar-refractivity contribution is 5.71. The van der Waals surface area contributed by atoms with Crippen molar-refractivity contribution in [3.05, 3.63) is 0 Å². The minimum absolute atomic E-state index is 0.0602. The highest BCUT2D eigenvalue weighted by Gasteiger charge is 2.20. The molecular formula is C74H144O6. The first-order chi connectivity index (χ1) is 39.5. The molecular weight excluding hydrogens is 985 g/mol. The van der Waals surface area contributed by atoms with Gasteiger partial charge in [0, 0.05) is 19.3 Å². The van der Waals surface area contributed by atoms with Gasteiger partial charge in [0.25, 0.3) is 0 Å². The molecule has 1 atom stereocenters. The molecule has 0 aliphatic carbocycles. The first-order valence-corrected chi connectivity index (χ1v) is 37.0. The van der Waals surface area contributed by atoms with Gasteiger partial charge >= 0.3 is 17.9 Å². The van der Waals surface area contributed by atoms with Gasteiger partial charge in [-0.3, -0.25) is 14.4 Å². The largest absolute Gasteiger partial charge is 0.462 e. The van der Waals surface area contributed by atoms with E-state index in [1.165, 1.54) is 340 Å². The van der Waals surface area contributed by atoms with Crippen molar-refractivity contribution in [2.24, 2.45) is 0 Å². The van der Waals surface area contributed by atoms with Gasteiger partial charge in [-0.15, -0.1) is 0 Å². The van der Waals surface area contributed by atoms with Crippen LogP contribution in [0.25, 0.3) is 0 Å². The van der Waals surface area contributed by atoms with Crippen LogP contribution in [0.15, 0.2) is 0 Å². The Morgan fingerprint density at radius 3 is 0.500 bits per heavy atom. The predicted octanol–water partition coefficient (Wildman–Crippen LogP) is 25.4. The summed E-state index contributed by atoms with van der Waals surface area (Å²) < 4.78 is 17.0. The number of rotatable bonds is 70. The van der Waals surface area contributed by atoms with E-state index in [4.69, 9.17) is 14.2 Å². The van der Waals surface area contributed by atoms with E-state index in [9.17, 15) is 14.4 Å². The Labute approximate surface area is 501 Å². The Morgan fingerprint density at radius 1 is 0.200 bits per heavy atom. The molecule has 0 aromatic heterocycles. The summed E-state index contributed by atoms with van der Waals surface area (Å²) in [5.74, 6) is -0.820. The minimum atomic E-state index is -0.763. The van der Waals surface area contributed by atoms with E-state index in [1.54, 1.807) is 0 Å². The molecule has 476 valence electrons. The van der Waals surface area contributed by atoms with Crippen molar-refractivity contribution in [2.75, 3.05) is 13.2 Å². The summed E-state index contributed by atoms with van der Waals surface area (Å²) in [5.41, 5.74) is 0. The van der Waals surface area contributed by atoms with E-state index in [1.807, 2.05) is 0 Å². The lowest BCUT2D eigenvalue weighted by Crippen LogP contribution is -2.30. The van der Waals surface area contributed by atoms with Crippen LogP contribution >= 0.6 is 0 Å². The molecule has 0 bridgehead atoms. The smallest absolute Gasteiger partial charge is 0.306 e. The first kappa shape index (κ1) is 78.4. The Balaban J connectivity index is 4.07. The summed E-state index contributed by atoms with van der Waals surface area (Å²) in [6, 6.07) is 0. The molecule has 0 aliphatic rings. The van der Waals surface area contributed by atoms with Crippen molar-refractivity contribution in [3.63, 3.8) is 0 Å². The highest BCUT2D eigenvalue weighted by atomic mass is 16.6. The molecule has 6 nitrogen and oxygen atoms in total. The van der Waals surface area contributed by atoms with Crippen LogP contribution in [0.2, 0.25) is 0 Å². The lowest BCUT2D eigenvalue weighted by Gasteiger charge is -2.18. The monoisotopic (exact) mass is 1130 g/mol. The van der Waals surface area contributed by atoms with Crippen LogP contribution in [-0.4, -0.2) is 37.2 Å². The van der Waals surface area contributed by atoms with E-state index >= 15 is 0 Å². The number of carbonyl (C=O) groups excluding carboxylic acids is 3. The maximum absolute atomic E-state index is 12.9. The Kier molecular flexibility index (Phi) is 68.5. The van der Waals surface area contributed by atoms with Crippen LogP contribution in [-0.2, 0) is 28.6 Å². The third kappa shape index (κ3) is 67.2. The third-order valence-corrected chi connectivity index (χ3v) is 17.4. The molecule has 0 fully saturated rings. The van der Waals surface area contributed by atoms with Crippen LogP contribution in [0.5, 0.6) is 0 Å². The molecule has 1 unspecified atom stereocenters. The average molecular weight is 1130 g/mol. The van der Waals surface area contributed by atoms with Gasteiger partial charge in [0.05, 0.1) is 0 Å². The van der Waals surface area contributed by atoms with Crippen molar-refractivity contribution in [3.8, 4) is 0 Å². The van der Waals surface area contributed by atoms with Gasteiger partial charge in [-0.2, -0.15) is 0 Å². The molecule has 0 saturated carbocycles. The Morgan fingerprint density at radius 2 is 0.338 bits per heavy atom. The Bertz CT molecular complexity index is 1200. The van der Waals surface area contributed by atoms with Crippen molar-refractivity contribution >= 4 is 17.9 Å². The van der Waals surface area contributed by atoms with E-state index in [2.05, 4.69) is 20.8 Å². The summed E-state index contributed by atoms with van der Waals surface area (Å²) in [4.78, 5) is 38.4. The van der Waals surface area contributed by atoms with Crippen LogP contribution in [0.1, 0.15) is 438 Å². The SMILES string of the molecule is CCCCCCCCCCCCCCCCCCCCCCCCCCCCCCCCCCC(=O)OCC(COC(=O)CCCCCCCCCCCCCCC)OC(=O)CCCCCCCCCCCCCCCCCCC. The predicted molar refractivity (Wildman–Crippen MR) is 349 cm³/mol. The van der Waals surface area contributed by atoms with Gasteiger partial charge < -0.3 is 14.2 Å². The van der Waals surface area contributed by atoms with Gasteiger partial charge in [-0.25, -0.2) is 0 Å². The van der Waals surface area contributed by atoms with Crippen molar-refractivity contribution in [2.45, 2.75) is 444 Å². The minimum Gasteiger partial charge on any atom is -0.462 e. The highest BCUT2D eigenvalue weighted by Crippen LogP contribution is 2.20. The molecule has 0 aliphatic heterocycles. The fraction of sp³-hybridized carbons (Fsp3) is 0.959. The number of hydrogen-bond donors (Lipinski definition) is 0. The average Bonchev–Trinajstić information content (AvgIpc) is 3.46. The maximum atomic E-state index is 12.9. The number of ether oxygens (including phenoxy) is 3. The molecule has 80 heavy (non-hydrogen) atoms. The molecule has 0 heterocycles. The standard InChI is InChI=1S/C74H144O6/c1-4-7-10-13-16-19-22-25-27-29-30-31-32-33-34-35-36-37-38-39-40-41-42-43-45-46-49-52-55-58-61-64-67-73(76)79-70-71(69-78-72(75)66-63-60-57-54-51-48-24-21-18-15-12-9-6-3)80-74(77)68-65-62-59-56-53-50-47-44-28-26-23-20-17-14-11-8-5-2/h71H,4-70H2,1-3H3. The van der Waals surface area contributed by atoms with E-state index in [-0.39, 0.29) is 31.1 Å². The van der Waals surface area contributed by atoms with Crippen LogP contribution in [0, 0.1) is 0 Å². The third-order valence-electron chi connectivity index (χ3n) is 17.4. The molecule has 0 aromatic rings. The molecule has 0 radical (unpaired) electrons. The first-order valence-electron chi connectivity index (χ1n) is 37.0. The molecule has 0 aromatic carbocycles. The van der Waals surface area contributed by atoms with Crippen molar-refractivity contribution < 1.29 is 28.6 Å². The van der Waals surface area contributed by atoms with Gasteiger partial charge in [0.2, 0.25) is 0 Å². The van der Waals surface area contributed by atoms with Gasteiger partial charge in [0.15, 0.2) is 6.10 Å². The van der Waals surface area contributed by atoms with Crippen LogP contribution < -0.4 is 0 Å². The lowest BCUT2D eigenvalue weighted by atomic mass is 10.0. The number of hydrogen-bond acceptors (Lipinski definition) is 6. The Hall–Kier alpha value is -1.59. The summed E-state index contributed by atoms with van der Waals surface area (Å²) in [6.45, 7) is 6.74. The second-order valence-corrected chi connectivity index (χ2v) is 25.6. The van der Waals surface area contributed by atoms with Crippen molar-refractivity contribution in [1.29, 1.82) is 0 Å². The van der Waals surface area contributed by atoms with Gasteiger partial charge in [-0.05, 0) is 19.3 Å². The zero-order valence-electron chi connectivity index (χ0n) is 54.9. The topological polar surface area (TPSA) is 78.9 Å². The summed E-state index contributed by atoms with van der Waals surface area (Å²) in [6.07, 6.45) is 83.0. The zero-order chi connectivity index (χ0) is 57.8. The summed E-state index contributed by atoms with van der Waals surface area (Å²) in [5, 5.41) is 0. The second-order valence-electron chi connectivity index (χ2n) is 25.6. The quantitative estimate of drug-likeness (QED) is 0.0343. The van der Waals surface area contributed by atoms with Gasteiger partial charge in [-0.1, -0.05) is 400 Å². The van der Waals surface area contributed by atoms with Crippen molar-refractivity contribution in [1.82, 2.24) is 0 Å². The van der Waals surface area contributed by atoms with E-state index in [0.717, 1.165) is 57.8 Å². The molecule has 0 spiro atoms. The lowest BCUT2D eigenvalue weighted by molar-refractivity contribution is -0.167. The summed E-state index contributed by atoms with van der Waals surface area (Å²) >= 11 is 0. The molecule has 0 N–H and O–H groups in total. The zero-order valence-corrected chi connectivity index (χ0v) is 54.9. The van der Waals surface area contributed by atoms with E-state index in [0.29, 0.717) is 19.3 Å². The fourth-order valence-corrected chi connectivity index (χ4v) is 11.8. The number of esters is 3.